The van der Waals surface area contributed by atoms with Crippen molar-refractivity contribution in [2.75, 3.05) is 0 Å². The van der Waals surface area contributed by atoms with Crippen LogP contribution in [0.1, 0.15) is 46.0 Å². The van der Waals surface area contributed by atoms with Crippen molar-refractivity contribution in [3.05, 3.63) is 0 Å². The van der Waals surface area contributed by atoms with E-state index in [0.29, 0.717) is 12.0 Å². The standard InChI is InChI=1S/C10H19NO/c1-8(2)7-9-5-3-4-6-10(12)11-9/h8-9H,3-7H2,1-2H3,(H,11,12). The zero-order chi connectivity index (χ0) is 8.97. The van der Waals surface area contributed by atoms with Gasteiger partial charge < -0.3 is 5.32 Å². The maximum atomic E-state index is 11.2. The van der Waals surface area contributed by atoms with Crippen molar-refractivity contribution >= 4 is 5.91 Å². The zero-order valence-electron chi connectivity index (χ0n) is 8.10. The number of hydrogen-bond acceptors (Lipinski definition) is 1. The van der Waals surface area contributed by atoms with Crippen molar-refractivity contribution in [2.24, 2.45) is 5.92 Å². The molecule has 12 heavy (non-hydrogen) atoms. The molecule has 1 amide bonds. The van der Waals surface area contributed by atoms with Crippen LogP contribution in [-0.4, -0.2) is 11.9 Å². The van der Waals surface area contributed by atoms with E-state index in [-0.39, 0.29) is 5.91 Å². The molecular formula is C10H19NO. The molecule has 0 aromatic heterocycles. The fourth-order valence-electron chi connectivity index (χ4n) is 1.79. The summed E-state index contributed by atoms with van der Waals surface area (Å²) in [5.74, 6) is 0.937. The molecule has 1 fully saturated rings. The lowest BCUT2D eigenvalue weighted by Gasteiger charge is -2.17. The van der Waals surface area contributed by atoms with Gasteiger partial charge in [0.05, 0.1) is 0 Å². The van der Waals surface area contributed by atoms with E-state index in [0.717, 1.165) is 19.3 Å². The van der Waals surface area contributed by atoms with Crippen molar-refractivity contribution in [2.45, 2.75) is 52.0 Å². The normalized spacial score (nSPS) is 25.2. The minimum absolute atomic E-state index is 0.248. The van der Waals surface area contributed by atoms with Crippen LogP contribution in [0.15, 0.2) is 0 Å². The molecule has 0 spiro atoms. The van der Waals surface area contributed by atoms with E-state index in [1.807, 2.05) is 0 Å². The van der Waals surface area contributed by atoms with Gasteiger partial charge in [-0.25, -0.2) is 0 Å². The molecule has 1 heterocycles. The number of rotatable bonds is 2. The van der Waals surface area contributed by atoms with E-state index in [9.17, 15) is 4.79 Å². The van der Waals surface area contributed by atoms with Gasteiger partial charge >= 0.3 is 0 Å². The average molecular weight is 169 g/mol. The van der Waals surface area contributed by atoms with Crippen molar-refractivity contribution in [3.8, 4) is 0 Å². The molecule has 1 unspecified atom stereocenters. The molecular weight excluding hydrogens is 150 g/mol. The van der Waals surface area contributed by atoms with E-state index >= 15 is 0 Å². The molecule has 2 heteroatoms. The molecule has 1 aliphatic rings. The van der Waals surface area contributed by atoms with Crippen LogP contribution >= 0.6 is 0 Å². The topological polar surface area (TPSA) is 29.1 Å². The van der Waals surface area contributed by atoms with Crippen molar-refractivity contribution < 1.29 is 4.79 Å². The molecule has 1 N–H and O–H groups in total. The van der Waals surface area contributed by atoms with Crippen molar-refractivity contribution in [3.63, 3.8) is 0 Å². The largest absolute Gasteiger partial charge is 0.353 e. The first-order valence-electron chi connectivity index (χ1n) is 4.98. The summed E-state index contributed by atoms with van der Waals surface area (Å²) in [6, 6.07) is 0.444. The molecule has 1 saturated heterocycles. The lowest BCUT2D eigenvalue weighted by Crippen LogP contribution is -2.33. The third-order valence-electron chi connectivity index (χ3n) is 2.33. The van der Waals surface area contributed by atoms with Gasteiger partial charge in [-0.15, -0.1) is 0 Å². The van der Waals surface area contributed by atoms with Crippen LogP contribution < -0.4 is 5.32 Å². The van der Waals surface area contributed by atoms with Gasteiger partial charge in [0, 0.05) is 12.5 Å². The fourth-order valence-corrected chi connectivity index (χ4v) is 1.79. The van der Waals surface area contributed by atoms with Gasteiger partial charge in [0.2, 0.25) is 5.91 Å². The summed E-state index contributed by atoms with van der Waals surface area (Å²) in [6.07, 6.45) is 5.31. The zero-order valence-corrected chi connectivity index (χ0v) is 8.10. The van der Waals surface area contributed by atoms with Crippen LogP contribution in [-0.2, 0) is 4.79 Å². The van der Waals surface area contributed by atoms with Gasteiger partial charge in [-0.05, 0) is 25.2 Å². The van der Waals surface area contributed by atoms with Gasteiger partial charge in [-0.3, -0.25) is 4.79 Å². The smallest absolute Gasteiger partial charge is 0.220 e. The molecule has 1 rings (SSSR count). The lowest BCUT2D eigenvalue weighted by atomic mass is 10.0. The molecule has 2 nitrogen and oxygen atoms in total. The molecule has 0 bridgehead atoms. The second-order valence-corrected chi connectivity index (χ2v) is 4.14. The number of amides is 1. The lowest BCUT2D eigenvalue weighted by molar-refractivity contribution is -0.121. The molecule has 70 valence electrons. The first-order chi connectivity index (χ1) is 5.68. The predicted octanol–water partition coefficient (Wildman–Crippen LogP) is 2.09. The van der Waals surface area contributed by atoms with E-state index in [2.05, 4.69) is 19.2 Å². The molecule has 0 radical (unpaired) electrons. The first-order valence-corrected chi connectivity index (χ1v) is 4.98. The summed E-state index contributed by atoms with van der Waals surface area (Å²) in [4.78, 5) is 11.2. The minimum atomic E-state index is 0.248. The van der Waals surface area contributed by atoms with Crippen LogP contribution in [0.25, 0.3) is 0 Å². The Balaban J connectivity index is 2.36. The molecule has 0 aromatic carbocycles. The first kappa shape index (κ1) is 9.56. The number of nitrogens with one attached hydrogen (secondary N) is 1. The van der Waals surface area contributed by atoms with Crippen molar-refractivity contribution in [1.29, 1.82) is 0 Å². The van der Waals surface area contributed by atoms with E-state index in [1.54, 1.807) is 0 Å². The van der Waals surface area contributed by atoms with Crippen molar-refractivity contribution in [1.82, 2.24) is 5.32 Å². The maximum Gasteiger partial charge on any atom is 0.220 e. The summed E-state index contributed by atoms with van der Waals surface area (Å²) < 4.78 is 0. The molecule has 1 aliphatic heterocycles. The molecule has 0 saturated carbocycles. The quantitative estimate of drug-likeness (QED) is 0.673. The predicted molar refractivity (Wildman–Crippen MR) is 49.9 cm³/mol. The van der Waals surface area contributed by atoms with Crippen LogP contribution in [0.5, 0.6) is 0 Å². The second-order valence-electron chi connectivity index (χ2n) is 4.14. The Labute approximate surface area is 74.7 Å². The second kappa shape index (κ2) is 4.48. The monoisotopic (exact) mass is 169 g/mol. The summed E-state index contributed by atoms with van der Waals surface area (Å²) >= 11 is 0. The fraction of sp³-hybridized carbons (Fsp3) is 0.900. The molecule has 1 atom stereocenters. The highest BCUT2D eigenvalue weighted by molar-refractivity contribution is 5.76. The third-order valence-corrected chi connectivity index (χ3v) is 2.33. The Bertz CT molecular complexity index is 154. The molecule has 0 aromatic rings. The summed E-state index contributed by atoms with van der Waals surface area (Å²) in [6.45, 7) is 4.41. The Morgan fingerprint density at radius 3 is 2.92 bits per heavy atom. The van der Waals surface area contributed by atoms with Gasteiger partial charge in [-0.1, -0.05) is 20.3 Å². The van der Waals surface area contributed by atoms with Crippen LogP contribution in [0.2, 0.25) is 0 Å². The van der Waals surface area contributed by atoms with Gasteiger partial charge in [0.15, 0.2) is 0 Å². The van der Waals surface area contributed by atoms with Gasteiger partial charge in [0.1, 0.15) is 0 Å². The third kappa shape index (κ3) is 3.24. The highest BCUT2D eigenvalue weighted by Gasteiger charge is 2.16. The van der Waals surface area contributed by atoms with E-state index in [4.69, 9.17) is 0 Å². The van der Waals surface area contributed by atoms with E-state index < -0.39 is 0 Å². The summed E-state index contributed by atoms with van der Waals surface area (Å²) in [5, 5.41) is 3.07. The summed E-state index contributed by atoms with van der Waals surface area (Å²) in [5.41, 5.74) is 0. The summed E-state index contributed by atoms with van der Waals surface area (Å²) in [7, 11) is 0. The Morgan fingerprint density at radius 1 is 1.50 bits per heavy atom. The number of carbonyl (C=O) groups excluding carboxylic acids is 1. The average Bonchev–Trinajstić information content (AvgIpc) is 2.12. The maximum absolute atomic E-state index is 11.2. The van der Waals surface area contributed by atoms with Crippen LogP contribution in [0.3, 0.4) is 0 Å². The Morgan fingerprint density at radius 2 is 2.25 bits per heavy atom. The van der Waals surface area contributed by atoms with E-state index in [1.165, 1.54) is 12.8 Å². The Hall–Kier alpha value is -0.530. The number of carbonyl (C=O) groups is 1. The Kier molecular flexibility index (Phi) is 3.57. The van der Waals surface area contributed by atoms with Gasteiger partial charge in [0.25, 0.3) is 0 Å². The molecule has 0 aliphatic carbocycles. The number of hydrogen-bond donors (Lipinski definition) is 1. The van der Waals surface area contributed by atoms with Crippen LogP contribution in [0, 0.1) is 5.92 Å². The van der Waals surface area contributed by atoms with Gasteiger partial charge in [-0.2, -0.15) is 0 Å². The highest BCUT2D eigenvalue weighted by atomic mass is 16.1. The minimum Gasteiger partial charge on any atom is -0.353 e. The SMILES string of the molecule is CC(C)CC1CCCCC(=O)N1. The highest BCUT2D eigenvalue weighted by Crippen LogP contribution is 2.15. The van der Waals surface area contributed by atoms with Crippen LogP contribution in [0.4, 0.5) is 0 Å².